The van der Waals surface area contributed by atoms with Crippen LogP contribution in [0.1, 0.15) is 17.0 Å². The van der Waals surface area contributed by atoms with Gasteiger partial charge in [-0.15, -0.1) is 0 Å². The number of hydrogen-bond donors (Lipinski definition) is 4. The molecule has 12 nitrogen and oxygen atoms in total. The van der Waals surface area contributed by atoms with Gasteiger partial charge in [0.15, 0.2) is 5.82 Å². The molecule has 3 amide bonds. The Morgan fingerprint density at radius 1 is 0.978 bits per heavy atom. The Morgan fingerprint density at radius 3 is 2.37 bits per heavy atom. The van der Waals surface area contributed by atoms with E-state index < -0.39 is 43.0 Å². The third-order valence-electron chi connectivity index (χ3n) is 6.97. The molecule has 1 fully saturated rings. The lowest BCUT2D eigenvalue weighted by Crippen LogP contribution is -2.37. The highest BCUT2D eigenvalue weighted by Gasteiger charge is 2.33. The Hall–Kier alpha value is -4.97. The first kappa shape index (κ1) is 32.4. The highest BCUT2D eigenvalue weighted by molar-refractivity contribution is 6.00. The number of morpholine rings is 1. The van der Waals surface area contributed by atoms with E-state index in [0.717, 1.165) is 12.1 Å². The molecule has 5 N–H and O–H groups in total. The molecule has 4 heterocycles. The van der Waals surface area contributed by atoms with Crippen molar-refractivity contribution < 1.29 is 40.7 Å². The third-order valence-corrected chi connectivity index (χ3v) is 6.97. The molecule has 0 atom stereocenters. The molecule has 0 unspecified atom stereocenters. The first-order valence-electron chi connectivity index (χ1n) is 13.8. The predicted molar refractivity (Wildman–Crippen MR) is 154 cm³/mol. The molecule has 1 saturated heterocycles. The maximum Gasteiger partial charge on any atom is 0.433 e. The number of ether oxygens (including phenoxy) is 1. The van der Waals surface area contributed by atoms with Gasteiger partial charge in [0.2, 0.25) is 5.91 Å². The maximum atomic E-state index is 13.0. The minimum atomic E-state index is -4.69. The summed E-state index contributed by atoms with van der Waals surface area (Å²) in [6.07, 6.45) is -8.50. The number of anilines is 3. The fraction of sp³-hybridized carbons (Fsp3) is 0.321. The number of hydrogen-bond acceptors (Lipinski definition) is 8. The fourth-order valence-corrected chi connectivity index (χ4v) is 4.94. The number of nitrogens with two attached hydrogens (primary N) is 1. The largest absolute Gasteiger partial charge is 0.433 e. The molecule has 1 aliphatic rings. The number of carbonyl (C=O) groups excluding carboxylic acids is 2. The van der Waals surface area contributed by atoms with Crippen molar-refractivity contribution in [3.05, 3.63) is 65.7 Å². The Morgan fingerprint density at radius 2 is 1.70 bits per heavy atom. The molecule has 0 aliphatic carbocycles. The molecular formula is C28H27F6N9O3. The van der Waals surface area contributed by atoms with E-state index >= 15 is 0 Å². The molecule has 4 aromatic rings. The van der Waals surface area contributed by atoms with Crippen LogP contribution in [-0.4, -0.2) is 75.4 Å². The lowest BCUT2D eigenvalue weighted by molar-refractivity contribution is -0.141. The van der Waals surface area contributed by atoms with Crippen molar-refractivity contribution in [2.45, 2.75) is 25.3 Å². The zero-order valence-corrected chi connectivity index (χ0v) is 23.9. The van der Waals surface area contributed by atoms with E-state index in [4.69, 9.17) is 10.5 Å². The summed E-state index contributed by atoms with van der Waals surface area (Å²) in [4.78, 5) is 34.8. The number of alkyl halides is 6. The van der Waals surface area contributed by atoms with Gasteiger partial charge in [-0.25, -0.2) is 19.3 Å². The van der Waals surface area contributed by atoms with Crippen LogP contribution in [0.15, 0.2) is 48.8 Å². The number of fused-ring (bicyclic) bond motifs is 1. The molecule has 0 spiro atoms. The molecule has 0 saturated carbocycles. The average molecular weight is 652 g/mol. The highest BCUT2D eigenvalue weighted by Crippen LogP contribution is 2.37. The van der Waals surface area contributed by atoms with Gasteiger partial charge in [0.1, 0.15) is 29.9 Å². The van der Waals surface area contributed by atoms with E-state index in [1.54, 1.807) is 12.1 Å². The monoisotopic (exact) mass is 651 g/mol. The number of amides is 3. The summed E-state index contributed by atoms with van der Waals surface area (Å²) in [5.41, 5.74) is 7.48. The summed E-state index contributed by atoms with van der Waals surface area (Å²) < 4.78 is 84.5. The molecule has 18 heteroatoms. The van der Waals surface area contributed by atoms with Crippen LogP contribution >= 0.6 is 0 Å². The van der Waals surface area contributed by atoms with E-state index in [1.807, 2.05) is 5.32 Å². The van der Waals surface area contributed by atoms with Crippen LogP contribution < -0.4 is 21.7 Å². The molecule has 0 radical (unpaired) electrons. The number of aromatic nitrogens is 4. The van der Waals surface area contributed by atoms with Crippen molar-refractivity contribution in [3.8, 4) is 11.1 Å². The minimum Gasteiger partial charge on any atom is -0.382 e. The lowest BCUT2D eigenvalue weighted by atomic mass is 9.97. The first-order valence-corrected chi connectivity index (χ1v) is 13.8. The zero-order valence-electron chi connectivity index (χ0n) is 23.9. The molecule has 5 rings (SSSR count). The second-order valence-electron chi connectivity index (χ2n) is 10.2. The van der Waals surface area contributed by atoms with Crippen molar-refractivity contribution >= 4 is 34.8 Å². The van der Waals surface area contributed by atoms with Crippen LogP contribution in [-0.2, 0) is 28.7 Å². The van der Waals surface area contributed by atoms with Crippen molar-refractivity contribution in [2.75, 3.05) is 49.2 Å². The Labute approximate surface area is 256 Å². The molecule has 244 valence electrons. The molecule has 0 bridgehead atoms. The number of benzene rings is 1. The van der Waals surface area contributed by atoms with Gasteiger partial charge in [-0.05, 0) is 35.4 Å². The number of halogens is 6. The predicted octanol–water partition coefficient (Wildman–Crippen LogP) is 4.09. The summed E-state index contributed by atoms with van der Waals surface area (Å²) >= 11 is 0. The van der Waals surface area contributed by atoms with Crippen molar-refractivity contribution in [3.63, 3.8) is 0 Å². The van der Waals surface area contributed by atoms with Crippen LogP contribution in [0, 0.1) is 0 Å². The number of nitrogens with one attached hydrogen (secondary N) is 3. The Balaban J connectivity index is 1.46. The van der Waals surface area contributed by atoms with Crippen molar-refractivity contribution in [1.29, 1.82) is 0 Å². The van der Waals surface area contributed by atoms with Gasteiger partial charge in [-0.1, -0.05) is 18.2 Å². The van der Waals surface area contributed by atoms with E-state index in [0.29, 0.717) is 54.2 Å². The topological polar surface area (TPSA) is 152 Å². The standard InChI is InChI=1S/C28H27F6N9O3/c29-27(30,31)14-36-22(44)12-18-19(13-42-8-10-46-11-9-42)43-24(25(35)37-15-38-43)23(18)16-4-6-17(7-5-16)39-26(45)41-21-3-1-2-20(40-21)28(32,33)34/h1-7,15H,8-14H2,(H,36,44)(H2,35,37,38)(H2,39,40,41,45). The summed E-state index contributed by atoms with van der Waals surface area (Å²) in [5, 5.41) is 11.0. The van der Waals surface area contributed by atoms with Crippen molar-refractivity contribution in [2.24, 2.45) is 0 Å². The van der Waals surface area contributed by atoms with E-state index in [1.165, 1.54) is 29.0 Å². The molecule has 1 aromatic carbocycles. The quantitative estimate of drug-likeness (QED) is 0.208. The van der Waals surface area contributed by atoms with E-state index in [9.17, 15) is 35.9 Å². The number of nitrogen functional groups attached to an aromatic ring is 1. The first-order chi connectivity index (χ1) is 21.8. The summed E-state index contributed by atoms with van der Waals surface area (Å²) in [7, 11) is 0. The Kier molecular flexibility index (Phi) is 9.29. The van der Waals surface area contributed by atoms with Gasteiger partial charge in [-0.3, -0.25) is 15.0 Å². The molecular weight excluding hydrogens is 624 g/mol. The summed E-state index contributed by atoms with van der Waals surface area (Å²) in [5.74, 6) is -1.13. The number of rotatable bonds is 8. The minimum absolute atomic E-state index is 0.0605. The fourth-order valence-electron chi connectivity index (χ4n) is 4.94. The van der Waals surface area contributed by atoms with Crippen LogP contribution in [0.5, 0.6) is 0 Å². The van der Waals surface area contributed by atoms with E-state index in [2.05, 4.69) is 30.6 Å². The highest BCUT2D eigenvalue weighted by atomic mass is 19.4. The molecule has 1 aliphatic heterocycles. The van der Waals surface area contributed by atoms with Gasteiger partial charge < -0.3 is 21.1 Å². The lowest BCUT2D eigenvalue weighted by Gasteiger charge is -2.26. The SMILES string of the molecule is Nc1ncnn2c(CN3CCOCC3)c(CC(=O)NCC(F)(F)F)c(-c3ccc(NC(=O)Nc4cccc(C(F)(F)F)n4)cc3)c12. The summed E-state index contributed by atoms with van der Waals surface area (Å²) in [6.45, 7) is 0.865. The zero-order chi connectivity index (χ0) is 33.1. The number of pyridine rings is 1. The van der Waals surface area contributed by atoms with Gasteiger partial charge in [-0.2, -0.15) is 31.4 Å². The van der Waals surface area contributed by atoms with Gasteiger partial charge in [0.05, 0.1) is 25.3 Å². The van der Waals surface area contributed by atoms with Gasteiger partial charge >= 0.3 is 18.4 Å². The molecule has 46 heavy (non-hydrogen) atoms. The third kappa shape index (κ3) is 7.81. The van der Waals surface area contributed by atoms with Crippen molar-refractivity contribution in [1.82, 2.24) is 29.8 Å². The smallest absolute Gasteiger partial charge is 0.382 e. The van der Waals surface area contributed by atoms with Crippen LogP contribution in [0.3, 0.4) is 0 Å². The number of carbonyl (C=O) groups is 2. The van der Waals surface area contributed by atoms with Crippen LogP contribution in [0.25, 0.3) is 16.6 Å². The van der Waals surface area contributed by atoms with Gasteiger partial charge in [0.25, 0.3) is 0 Å². The second kappa shape index (κ2) is 13.2. The Bertz CT molecular complexity index is 1720. The normalized spacial score (nSPS) is 14.3. The van der Waals surface area contributed by atoms with E-state index in [-0.39, 0.29) is 23.9 Å². The van der Waals surface area contributed by atoms with Gasteiger partial charge in [0, 0.05) is 30.9 Å². The number of urea groups is 1. The second-order valence-corrected chi connectivity index (χ2v) is 10.2. The average Bonchev–Trinajstić information content (AvgIpc) is 3.30. The number of nitrogens with zero attached hydrogens (tertiary/aromatic N) is 5. The maximum absolute atomic E-state index is 13.0. The molecule has 3 aromatic heterocycles. The van der Waals surface area contributed by atoms with Crippen LogP contribution in [0.2, 0.25) is 0 Å². The summed E-state index contributed by atoms with van der Waals surface area (Å²) in [6, 6.07) is 8.36. The van der Waals surface area contributed by atoms with Crippen LogP contribution in [0.4, 0.5) is 48.5 Å².